The van der Waals surface area contributed by atoms with Crippen LogP contribution in [0.25, 0.3) is 0 Å². The molecule has 3 fully saturated rings. The van der Waals surface area contributed by atoms with E-state index in [9.17, 15) is 0 Å². The van der Waals surface area contributed by atoms with Crippen LogP contribution in [0.1, 0.15) is 45.4 Å². The molecule has 0 aromatic rings. The van der Waals surface area contributed by atoms with Crippen LogP contribution in [0, 0.1) is 17.3 Å². The molecule has 3 rings (SSSR count). The highest BCUT2D eigenvalue weighted by Gasteiger charge is 2.43. The summed E-state index contributed by atoms with van der Waals surface area (Å²) in [6.45, 7) is 9.30. The lowest BCUT2D eigenvalue weighted by molar-refractivity contribution is -0.0349. The lowest BCUT2D eigenvalue weighted by atomic mass is 9.72. The third-order valence-corrected chi connectivity index (χ3v) is 5.78. The second kappa shape index (κ2) is 5.13. The first kappa shape index (κ1) is 12.9. The lowest BCUT2D eigenvalue weighted by Gasteiger charge is -2.53. The van der Waals surface area contributed by atoms with Gasteiger partial charge in [0.15, 0.2) is 0 Å². The fourth-order valence-electron chi connectivity index (χ4n) is 4.50. The molecule has 0 aromatic carbocycles. The number of nitrogens with zero attached hydrogens (tertiary/aromatic N) is 2. The number of piperidine rings is 1. The Bertz CT molecular complexity index is 265. The first-order valence-corrected chi connectivity index (χ1v) is 8.06. The maximum Gasteiger partial charge on any atom is 0.00484 e. The Morgan fingerprint density at radius 3 is 2.17 bits per heavy atom. The monoisotopic (exact) mass is 250 g/mol. The Kier molecular flexibility index (Phi) is 3.68. The summed E-state index contributed by atoms with van der Waals surface area (Å²) in [4.78, 5) is 5.25. The Labute approximate surface area is 113 Å². The molecule has 1 saturated carbocycles. The topological polar surface area (TPSA) is 6.48 Å². The number of likely N-dealkylation sites (tertiary alicyclic amines) is 2. The highest BCUT2D eigenvalue weighted by Crippen LogP contribution is 2.40. The van der Waals surface area contributed by atoms with Crippen LogP contribution >= 0.6 is 0 Å². The normalized spacial score (nSPS) is 37.7. The molecule has 0 N–H and O–H groups in total. The summed E-state index contributed by atoms with van der Waals surface area (Å²) in [5.74, 6) is 2.01. The van der Waals surface area contributed by atoms with Gasteiger partial charge in [-0.3, -0.25) is 0 Å². The fraction of sp³-hybridized carbons (Fsp3) is 1.00. The van der Waals surface area contributed by atoms with E-state index in [1.165, 1.54) is 71.2 Å². The summed E-state index contributed by atoms with van der Waals surface area (Å²) >= 11 is 0. The second-order valence-corrected chi connectivity index (χ2v) is 7.60. The Hall–Kier alpha value is -0.0800. The Morgan fingerprint density at radius 1 is 1.00 bits per heavy atom. The van der Waals surface area contributed by atoms with Crippen LogP contribution in [0.2, 0.25) is 0 Å². The van der Waals surface area contributed by atoms with Crippen molar-refractivity contribution in [2.24, 2.45) is 17.3 Å². The van der Waals surface area contributed by atoms with Crippen LogP contribution < -0.4 is 0 Å². The van der Waals surface area contributed by atoms with Gasteiger partial charge in [0.25, 0.3) is 0 Å². The third-order valence-electron chi connectivity index (χ3n) is 5.78. The molecule has 2 heteroatoms. The van der Waals surface area contributed by atoms with Gasteiger partial charge < -0.3 is 9.80 Å². The first-order chi connectivity index (χ1) is 8.65. The van der Waals surface area contributed by atoms with Crippen LogP contribution in [-0.2, 0) is 0 Å². The molecule has 0 atom stereocenters. The SMILES string of the molecule is CC1CCC(CN2CCC3(CC2)CN(C)C3)CC1. The minimum Gasteiger partial charge on any atom is -0.305 e. The van der Waals surface area contributed by atoms with E-state index in [2.05, 4.69) is 23.8 Å². The first-order valence-electron chi connectivity index (χ1n) is 8.06. The predicted octanol–water partition coefficient (Wildman–Crippen LogP) is 2.84. The number of hydrogen-bond donors (Lipinski definition) is 0. The van der Waals surface area contributed by atoms with E-state index in [0.717, 1.165) is 17.3 Å². The van der Waals surface area contributed by atoms with Crippen LogP contribution in [0.5, 0.6) is 0 Å². The van der Waals surface area contributed by atoms with Gasteiger partial charge in [-0.05, 0) is 63.1 Å². The largest absolute Gasteiger partial charge is 0.305 e. The van der Waals surface area contributed by atoms with Crippen LogP contribution in [-0.4, -0.2) is 49.6 Å². The molecule has 18 heavy (non-hydrogen) atoms. The summed E-state index contributed by atoms with van der Waals surface area (Å²) in [5, 5.41) is 0. The average Bonchev–Trinajstić information content (AvgIpc) is 2.33. The molecule has 1 aliphatic carbocycles. The van der Waals surface area contributed by atoms with Crippen LogP contribution in [0.3, 0.4) is 0 Å². The van der Waals surface area contributed by atoms with Crippen molar-refractivity contribution in [1.29, 1.82) is 0 Å². The summed E-state index contributed by atoms with van der Waals surface area (Å²) in [6.07, 6.45) is 8.86. The van der Waals surface area contributed by atoms with Crippen molar-refractivity contribution in [3.8, 4) is 0 Å². The predicted molar refractivity (Wildman–Crippen MR) is 76.7 cm³/mol. The van der Waals surface area contributed by atoms with Crippen LogP contribution in [0.15, 0.2) is 0 Å². The van der Waals surface area contributed by atoms with E-state index < -0.39 is 0 Å². The van der Waals surface area contributed by atoms with E-state index in [1.54, 1.807) is 0 Å². The molecular formula is C16H30N2. The van der Waals surface area contributed by atoms with Gasteiger partial charge in [0.1, 0.15) is 0 Å². The lowest BCUT2D eigenvalue weighted by Crippen LogP contribution is -2.59. The Morgan fingerprint density at radius 2 is 1.61 bits per heavy atom. The molecule has 0 aromatic heterocycles. The summed E-state index contributed by atoms with van der Waals surface area (Å²) in [7, 11) is 2.26. The maximum atomic E-state index is 2.77. The number of hydrogen-bond acceptors (Lipinski definition) is 2. The molecule has 1 spiro atoms. The van der Waals surface area contributed by atoms with Gasteiger partial charge in [0, 0.05) is 19.6 Å². The fourth-order valence-corrected chi connectivity index (χ4v) is 4.50. The minimum absolute atomic E-state index is 0.729. The van der Waals surface area contributed by atoms with Gasteiger partial charge >= 0.3 is 0 Å². The molecule has 0 unspecified atom stereocenters. The summed E-state index contributed by atoms with van der Waals surface area (Å²) in [6, 6.07) is 0. The second-order valence-electron chi connectivity index (χ2n) is 7.60. The third kappa shape index (κ3) is 2.75. The van der Waals surface area contributed by atoms with Crippen molar-refractivity contribution in [1.82, 2.24) is 9.80 Å². The zero-order valence-corrected chi connectivity index (χ0v) is 12.3. The molecule has 0 amide bonds. The smallest absolute Gasteiger partial charge is 0.00484 e. The van der Waals surface area contributed by atoms with Crippen LogP contribution in [0.4, 0.5) is 0 Å². The standard InChI is InChI=1S/C16H30N2/c1-14-3-5-15(6-4-14)11-18-9-7-16(8-10-18)12-17(2)13-16/h14-15H,3-13H2,1-2H3. The molecule has 2 nitrogen and oxygen atoms in total. The van der Waals surface area contributed by atoms with Gasteiger partial charge in [0.05, 0.1) is 0 Å². The molecule has 104 valence electrons. The summed E-state index contributed by atoms with van der Waals surface area (Å²) in [5.41, 5.74) is 0.729. The zero-order valence-electron chi connectivity index (χ0n) is 12.3. The van der Waals surface area contributed by atoms with Gasteiger partial charge in [-0.1, -0.05) is 19.8 Å². The van der Waals surface area contributed by atoms with Gasteiger partial charge in [0.2, 0.25) is 0 Å². The van der Waals surface area contributed by atoms with Crippen molar-refractivity contribution in [2.45, 2.75) is 45.4 Å². The van der Waals surface area contributed by atoms with Crippen molar-refractivity contribution in [3.05, 3.63) is 0 Å². The molecule has 2 aliphatic heterocycles. The van der Waals surface area contributed by atoms with Crippen molar-refractivity contribution >= 4 is 0 Å². The molecule has 3 aliphatic rings. The van der Waals surface area contributed by atoms with Gasteiger partial charge in [-0.15, -0.1) is 0 Å². The maximum absolute atomic E-state index is 2.77. The van der Waals surface area contributed by atoms with E-state index in [1.807, 2.05) is 0 Å². The highest BCUT2D eigenvalue weighted by atomic mass is 15.2. The minimum atomic E-state index is 0.729. The van der Waals surface area contributed by atoms with Crippen molar-refractivity contribution in [3.63, 3.8) is 0 Å². The zero-order chi connectivity index (χ0) is 12.6. The van der Waals surface area contributed by atoms with E-state index in [-0.39, 0.29) is 0 Å². The Balaban J connectivity index is 1.40. The molecule has 2 saturated heterocycles. The molecule has 2 heterocycles. The van der Waals surface area contributed by atoms with Crippen molar-refractivity contribution < 1.29 is 0 Å². The molecule has 0 bridgehead atoms. The van der Waals surface area contributed by atoms with Gasteiger partial charge in [-0.25, -0.2) is 0 Å². The van der Waals surface area contributed by atoms with E-state index >= 15 is 0 Å². The quantitative estimate of drug-likeness (QED) is 0.743. The van der Waals surface area contributed by atoms with Crippen molar-refractivity contribution in [2.75, 3.05) is 39.8 Å². The van der Waals surface area contributed by atoms with E-state index in [4.69, 9.17) is 0 Å². The van der Waals surface area contributed by atoms with E-state index in [0.29, 0.717) is 0 Å². The highest BCUT2D eigenvalue weighted by molar-refractivity contribution is 4.97. The summed E-state index contributed by atoms with van der Waals surface area (Å²) < 4.78 is 0. The average molecular weight is 250 g/mol. The van der Waals surface area contributed by atoms with Gasteiger partial charge in [-0.2, -0.15) is 0 Å². The molecular weight excluding hydrogens is 220 g/mol. The molecule has 0 radical (unpaired) electrons. The number of rotatable bonds is 2.